The van der Waals surface area contributed by atoms with Gasteiger partial charge in [0.1, 0.15) is 0 Å². The second-order valence-corrected chi connectivity index (χ2v) is 8.54. The minimum atomic E-state index is -3.67. The normalized spacial score (nSPS) is 12.5. The van der Waals surface area contributed by atoms with Crippen molar-refractivity contribution < 1.29 is 13.2 Å². The zero-order valence-corrected chi connectivity index (χ0v) is 15.1. The number of halogens is 1. The highest BCUT2D eigenvalue weighted by atomic mass is 79.9. The fourth-order valence-electron chi connectivity index (χ4n) is 1.74. The molecule has 0 atom stereocenters. The highest BCUT2D eigenvalue weighted by Gasteiger charge is 2.26. The van der Waals surface area contributed by atoms with Crippen molar-refractivity contribution in [1.82, 2.24) is 9.62 Å². The Morgan fingerprint density at radius 1 is 1.24 bits per heavy atom. The van der Waals surface area contributed by atoms with Crippen LogP contribution in [-0.2, 0) is 14.8 Å². The molecular weight excluding hydrogens is 356 g/mol. The lowest BCUT2D eigenvalue weighted by Gasteiger charge is -2.24. The molecule has 1 N–H and O–H groups in total. The molecule has 21 heavy (non-hydrogen) atoms. The fourth-order valence-corrected chi connectivity index (χ4v) is 3.41. The molecule has 0 fully saturated rings. The monoisotopic (exact) mass is 376 g/mol. The quantitative estimate of drug-likeness (QED) is 0.857. The summed E-state index contributed by atoms with van der Waals surface area (Å²) in [7, 11) is -3.67. The molecule has 1 aromatic rings. The molecule has 0 aliphatic heterocycles. The number of hydrogen-bond acceptors (Lipinski definition) is 3. The summed E-state index contributed by atoms with van der Waals surface area (Å²) in [5, 5.41) is 2.76. The van der Waals surface area contributed by atoms with Gasteiger partial charge in [-0.3, -0.25) is 4.79 Å². The minimum Gasteiger partial charge on any atom is -0.350 e. The first-order chi connectivity index (χ1) is 9.56. The lowest BCUT2D eigenvalue weighted by Crippen LogP contribution is -2.47. The van der Waals surface area contributed by atoms with Gasteiger partial charge in [-0.2, -0.15) is 4.31 Å². The van der Waals surface area contributed by atoms with Crippen LogP contribution in [0.5, 0.6) is 0 Å². The van der Waals surface area contributed by atoms with Gasteiger partial charge in [0, 0.05) is 16.6 Å². The fraction of sp³-hybridized carbons (Fsp3) is 0.500. The van der Waals surface area contributed by atoms with Crippen molar-refractivity contribution in [3.8, 4) is 0 Å². The van der Waals surface area contributed by atoms with Crippen LogP contribution in [0.25, 0.3) is 0 Å². The third-order valence-electron chi connectivity index (χ3n) is 2.64. The molecule has 5 nitrogen and oxygen atoms in total. The van der Waals surface area contributed by atoms with E-state index >= 15 is 0 Å². The van der Waals surface area contributed by atoms with E-state index < -0.39 is 15.6 Å². The summed E-state index contributed by atoms with van der Waals surface area (Å²) in [6.07, 6.45) is 0. The van der Waals surface area contributed by atoms with Gasteiger partial charge >= 0.3 is 0 Å². The number of rotatable bonds is 5. The molecule has 0 bridgehead atoms. The van der Waals surface area contributed by atoms with Crippen molar-refractivity contribution in [2.45, 2.75) is 38.1 Å². The summed E-state index contributed by atoms with van der Waals surface area (Å²) in [5.74, 6) is -0.315. The van der Waals surface area contributed by atoms with E-state index in [1.165, 1.54) is 12.1 Å². The molecular formula is C14H21BrN2O3S. The van der Waals surface area contributed by atoms with Crippen LogP contribution in [0, 0.1) is 0 Å². The maximum atomic E-state index is 12.5. The number of hydrogen-bond donors (Lipinski definition) is 1. The van der Waals surface area contributed by atoms with Crippen LogP contribution in [0.3, 0.4) is 0 Å². The molecule has 0 saturated heterocycles. The Balaban J connectivity index is 2.93. The molecule has 1 amide bonds. The molecule has 0 aromatic heterocycles. The summed E-state index contributed by atoms with van der Waals surface area (Å²) in [6, 6.07) is 6.36. The Bertz CT molecular complexity index is 592. The molecule has 1 rings (SSSR count). The van der Waals surface area contributed by atoms with Gasteiger partial charge in [0.25, 0.3) is 0 Å². The summed E-state index contributed by atoms with van der Waals surface area (Å²) in [6.45, 7) is 7.31. The number of benzene rings is 1. The smallest absolute Gasteiger partial charge is 0.243 e. The number of amides is 1. The standard InChI is InChI=1S/C14H21BrN2O3S/c1-5-17(10-13(18)16-14(2,3)4)21(19,20)12-8-6-11(15)7-9-12/h6-9H,5,10H2,1-4H3,(H,16,18). The topological polar surface area (TPSA) is 66.5 Å². The Morgan fingerprint density at radius 2 is 1.76 bits per heavy atom. The number of sulfonamides is 1. The minimum absolute atomic E-state index is 0.177. The predicted octanol–water partition coefficient (Wildman–Crippen LogP) is 2.37. The van der Waals surface area contributed by atoms with Crippen LogP contribution >= 0.6 is 15.9 Å². The van der Waals surface area contributed by atoms with Crippen molar-refractivity contribution in [2.75, 3.05) is 13.1 Å². The van der Waals surface area contributed by atoms with E-state index in [0.717, 1.165) is 8.78 Å². The van der Waals surface area contributed by atoms with Crippen LogP contribution in [0.15, 0.2) is 33.6 Å². The summed E-state index contributed by atoms with van der Waals surface area (Å²) in [4.78, 5) is 12.1. The molecule has 0 unspecified atom stereocenters. The number of carbonyl (C=O) groups excluding carboxylic acids is 1. The van der Waals surface area contributed by atoms with Gasteiger partial charge in [-0.1, -0.05) is 22.9 Å². The first-order valence-electron chi connectivity index (χ1n) is 6.63. The van der Waals surface area contributed by atoms with Crippen molar-refractivity contribution in [2.24, 2.45) is 0 Å². The Kier molecular flexibility index (Phi) is 5.95. The highest BCUT2D eigenvalue weighted by molar-refractivity contribution is 9.10. The summed E-state index contributed by atoms with van der Waals surface area (Å²) >= 11 is 3.27. The molecule has 0 saturated carbocycles. The van der Waals surface area contributed by atoms with Crippen molar-refractivity contribution >= 4 is 31.9 Å². The largest absolute Gasteiger partial charge is 0.350 e. The Labute approximate surface area is 134 Å². The maximum absolute atomic E-state index is 12.5. The SMILES string of the molecule is CCN(CC(=O)NC(C)(C)C)S(=O)(=O)c1ccc(Br)cc1. The average Bonchev–Trinajstić information content (AvgIpc) is 2.34. The van der Waals surface area contributed by atoms with Gasteiger partial charge in [-0.05, 0) is 45.0 Å². The second-order valence-electron chi connectivity index (χ2n) is 5.68. The Morgan fingerprint density at radius 3 is 2.19 bits per heavy atom. The van der Waals surface area contributed by atoms with E-state index in [4.69, 9.17) is 0 Å². The van der Waals surface area contributed by atoms with E-state index in [2.05, 4.69) is 21.2 Å². The van der Waals surface area contributed by atoms with Crippen LogP contribution in [0.1, 0.15) is 27.7 Å². The van der Waals surface area contributed by atoms with Crippen molar-refractivity contribution in [3.05, 3.63) is 28.7 Å². The maximum Gasteiger partial charge on any atom is 0.243 e. The van der Waals surface area contributed by atoms with E-state index in [1.54, 1.807) is 19.1 Å². The third-order valence-corrected chi connectivity index (χ3v) is 5.10. The van der Waals surface area contributed by atoms with Crippen LogP contribution < -0.4 is 5.32 Å². The molecule has 0 radical (unpaired) electrons. The van der Waals surface area contributed by atoms with Crippen LogP contribution in [0.2, 0.25) is 0 Å². The van der Waals surface area contributed by atoms with Gasteiger partial charge in [-0.15, -0.1) is 0 Å². The number of nitrogens with one attached hydrogen (secondary N) is 1. The van der Waals surface area contributed by atoms with Crippen LogP contribution in [0.4, 0.5) is 0 Å². The van der Waals surface area contributed by atoms with Crippen molar-refractivity contribution in [1.29, 1.82) is 0 Å². The van der Waals surface area contributed by atoms with Gasteiger partial charge in [-0.25, -0.2) is 8.42 Å². The van der Waals surface area contributed by atoms with E-state index in [-0.39, 0.29) is 23.9 Å². The zero-order chi connectivity index (χ0) is 16.3. The predicted molar refractivity (Wildman–Crippen MR) is 86.5 cm³/mol. The van der Waals surface area contributed by atoms with E-state index in [1.807, 2.05) is 20.8 Å². The molecule has 0 heterocycles. The van der Waals surface area contributed by atoms with E-state index in [9.17, 15) is 13.2 Å². The highest BCUT2D eigenvalue weighted by Crippen LogP contribution is 2.18. The average molecular weight is 377 g/mol. The van der Waals surface area contributed by atoms with Gasteiger partial charge in [0.2, 0.25) is 15.9 Å². The number of nitrogens with zero attached hydrogens (tertiary/aromatic N) is 1. The van der Waals surface area contributed by atoms with Gasteiger partial charge in [0.05, 0.1) is 11.4 Å². The number of carbonyl (C=O) groups is 1. The first kappa shape index (κ1) is 18.1. The third kappa shape index (κ3) is 5.41. The molecule has 0 aliphatic rings. The van der Waals surface area contributed by atoms with Gasteiger partial charge < -0.3 is 5.32 Å². The molecule has 1 aromatic carbocycles. The van der Waals surface area contributed by atoms with E-state index in [0.29, 0.717) is 0 Å². The molecule has 118 valence electrons. The Hall–Kier alpha value is -0.920. The zero-order valence-electron chi connectivity index (χ0n) is 12.7. The first-order valence-corrected chi connectivity index (χ1v) is 8.86. The van der Waals surface area contributed by atoms with Crippen molar-refractivity contribution in [3.63, 3.8) is 0 Å². The summed E-state index contributed by atoms with van der Waals surface area (Å²) in [5.41, 5.74) is -0.391. The summed E-state index contributed by atoms with van der Waals surface area (Å²) < 4.78 is 27.0. The lowest BCUT2D eigenvalue weighted by molar-refractivity contribution is -0.122. The molecule has 0 spiro atoms. The molecule has 7 heteroatoms. The van der Waals surface area contributed by atoms with Gasteiger partial charge in [0.15, 0.2) is 0 Å². The second kappa shape index (κ2) is 6.89. The van der Waals surface area contributed by atoms with Crippen LogP contribution in [-0.4, -0.2) is 37.3 Å². The molecule has 0 aliphatic carbocycles. The number of likely N-dealkylation sites (N-methyl/N-ethyl adjacent to an activating group) is 1. The lowest BCUT2D eigenvalue weighted by atomic mass is 10.1.